The molecule has 2 N–H and O–H groups in total. The van der Waals surface area contributed by atoms with Crippen LogP contribution in [0.4, 0.5) is 26.3 Å². The van der Waals surface area contributed by atoms with Crippen molar-refractivity contribution in [2.75, 3.05) is 13.1 Å². The average Bonchev–Trinajstić information content (AvgIpc) is 2.71. The van der Waals surface area contributed by atoms with E-state index in [1.54, 1.807) is 5.32 Å². The normalized spacial score (nSPS) is 13.1. The summed E-state index contributed by atoms with van der Waals surface area (Å²) in [4.78, 5) is 23.6. The Morgan fingerprint density at radius 1 is 0.971 bits per heavy atom. The van der Waals surface area contributed by atoms with Gasteiger partial charge < -0.3 is 10.6 Å². The van der Waals surface area contributed by atoms with Gasteiger partial charge in [-0.15, -0.1) is 0 Å². The van der Waals surface area contributed by atoms with E-state index in [2.05, 4.69) is 21.2 Å². The third-order valence-corrected chi connectivity index (χ3v) is 5.66. The lowest BCUT2D eigenvalue weighted by atomic mass is 9.97. The molecule has 1 atom stereocenters. The Morgan fingerprint density at radius 2 is 1.65 bits per heavy atom. The molecule has 2 rings (SSSR count). The minimum absolute atomic E-state index is 0.0213. The van der Waals surface area contributed by atoms with Crippen LogP contribution in [0.3, 0.4) is 0 Å². The van der Waals surface area contributed by atoms with Gasteiger partial charge in [-0.2, -0.15) is 26.3 Å². The van der Waals surface area contributed by atoms with Crippen LogP contribution in [0.15, 0.2) is 46.9 Å². The number of hydrogen-bond donors (Lipinski definition) is 2. The number of allylic oxidation sites excluding steroid dienone is 1. The van der Waals surface area contributed by atoms with E-state index in [9.17, 15) is 35.9 Å². The van der Waals surface area contributed by atoms with Gasteiger partial charge in [0.05, 0.1) is 28.1 Å². The summed E-state index contributed by atoms with van der Waals surface area (Å²) in [6.45, 7) is -2.23. The molecular formula is C21H15BrCl2F6N2O2. The minimum atomic E-state index is -4.61. The van der Waals surface area contributed by atoms with Gasteiger partial charge in [0.1, 0.15) is 6.54 Å². The van der Waals surface area contributed by atoms with Crippen molar-refractivity contribution in [2.24, 2.45) is 0 Å². The molecule has 0 heterocycles. The quantitative estimate of drug-likeness (QED) is 0.360. The predicted molar refractivity (Wildman–Crippen MR) is 120 cm³/mol. The van der Waals surface area contributed by atoms with Gasteiger partial charge >= 0.3 is 12.4 Å². The molecule has 184 valence electrons. The second-order valence-corrected chi connectivity index (χ2v) is 8.53. The highest BCUT2D eigenvalue weighted by atomic mass is 79.9. The third-order valence-electron chi connectivity index (χ3n) is 4.27. The van der Waals surface area contributed by atoms with Crippen LogP contribution in [0.1, 0.15) is 27.4 Å². The van der Waals surface area contributed by atoms with Crippen molar-refractivity contribution in [3.63, 3.8) is 0 Å². The first-order valence-corrected chi connectivity index (χ1v) is 10.8. The van der Waals surface area contributed by atoms with Crippen molar-refractivity contribution in [1.29, 1.82) is 0 Å². The maximum Gasteiger partial charge on any atom is 0.405 e. The van der Waals surface area contributed by atoms with Gasteiger partial charge in [-0.3, -0.25) is 9.59 Å². The van der Waals surface area contributed by atoms with Gasteiger partial charge in [0.2, 0.25) is 5.91 Å². The van der Waals surface area contributed by atoms with Crippen LogP contribution >= 0.6 is 39.1 Å². The van der Waals surface area contributed by atoms with Crippen molar-refractivity contribution in [3.05, 3.63) is 73.7 Å². The molecule has 4 nitrogen and oxygen atoms in total. The zero-order valence-electron chi connectivity index (χ0n) is 16.8. The number of rotatable bonds is 7. The predicted octanol–water partition coefficient (Wildman–Crippen LogP) is 6.52. The maximum absolute atomic E-state index is 13.6. The van der Waals surface area contributed by atoms with Crippen LogP contribution < -0.4 is 10.6 Å². The number of alkyl halides is 6. The fraction of sp³-hybridized carbons (Fsp3) is 0.238. The first-order chi connectivity index (χ1) is 15.7. The summed E-state index contributed by atoms with van der Waals surface area (Å²) < 4.78 is 77.2. The number of benzene rings is 2. The molecule has 2 aromatic rings. The topological polar surface area (TPSA) is 58.2 Å². The lowest BCUT2D eigenvalue weighted by Crippen LogP contribution is -2.40. The average molecular weight is 592 g/mol. The number of hydrogen-bond acceptors (Lipinski definition) is 2. The molecule has 2 aromatic carbocycles. The maximum atomic E-state index is 13.6. The molecule has 0 spiro atoms. The lowest BCUT2D eigenvalue weighted by Gasteiger charge is -2.18. The summed E-state index contributed by atoms with van der Waals surface area (Å²) in [5, 5.41) is 3.86. The molecule has 0 aliphatic carbocycles. The summed E-state index contributed by atoms with van der Waals surface area (Å²) in [6.07, 6.45) is -7.07. The van der Waals surface area contributed by atoms with Gasteiger partial charge in [0.15, 0.2) is 0 Å². The molecule has 0 radical (unpaired) electrons. The Bertz CT molecular complexity index is 1090. The molecule has 0 aromatic heterocycles. The smallest absolute Gasteiger partial charge is 0.345 e. The Hall–Kier alpha value is -2.24. The van der Waals surface area contributed by atoms with E-state index >= 15 is 0 Å². The first-order valence-electron chi connectivity index (χ1n) is 9.28. The molecule has 0 aliphatic rings. The summed E-state index contributed by atoms with van der Waals surface area (Å²) in [5.74, 6) is -3.78. The SMILES string of the molecule is O=C(CNC(=O)c1ccc(C=CC(c2ccc(Cl)c(Cl)c2)C(F)(F)F)cc1Br)NCC(F)(F)F. The zero-order chi connectivity index (χ0) is 25.7. The number of carbonyl (C=O) groups excluding carboxylic acids is 2. The highest BCUT2D eigenvalue weighted by molar-refractivity contribution is 9.10. The molecule has 1 unspecified atom stereocenters. The van der Waals surface area contributed by atoms with Gasteiger partial charge in [0.25, 0.3) is 5.91 Å². The van der Waals surface area contributed by atoms with E-state index in [0.29, 0.717) is 5.56 Å². The highest BCUT2D eigenvalue weighted by Crippen LogP contribution is 2.38. The number of nitrogens with one attached hydrogen (secondary N) is 2. The number of carbonyl (C=O) groups is 2. The van der Waals surface area contributed by atoms with E-state index in [1.807, 2.05) is 0 Å². The Labute approximate surface area is 208 Å². The van der Waals surface area contributed by atoms with E-state index in [0.717, 1.165) is 12.1 Å². The van der Waals surface area contributed by atoms with Crippen molar-refractivity contribution < 1.29 is 35.9 Å². The zero-order valence-corrected chi connectivity index (χ0v) is 19.9. The molecule has 34 heavy (non-hydrogen) atoms. The van der Waals surface area contributed by atoms with Crippen molar-refractivity contribution in [2.45, 2.75) is 18.3 Å². The van der Waals surface area contributed by atoms with Crippen LogP contribution in [0.5, 0.6) is 0 Å². The molecule has 0 fully saturated rings. The van der Waals surface area contributed by atoms with E-state index < -0.39 is 43.2 Å². The van der Waals surface area contributed by atoms with Crippen LogP contribution in [-0.2, 0) is 4.79 Å². The van der Waals surface area contributed by atoms with Gasteiger partial charge in [-0.25, -0.2) is 0 Å². The molecule has 0 aliphatic heterocycles. The first kappa shape index (κ1) is 28.0. The minimum Gasteiger partial charge on any atom is -0.345 e. The highest BCUT2D eigenvalue weighted by Gasteiger charge is 2.39. The Balaban J connectivity index is 2.11. The number of amides is 2. The molecule has 0 bridgehead atoms. The third kappa shape index (κ3) is 8.52. The molecular weight excluding hydrogens is 577 g/mol. The van der Waals surface area contributed by atoms with Gasteiger partial charge in [-0.05, 0) is 51.3 Å². The van der Waals surface area contributed by atoms with E-state index in [-0.39, 0.29) is 25.6 Å². The van der Waals surface area contributed by atoms with Crippen molar-refractivity contribution in [1.82, 2.24) is 10.6 Å². The summed E-state index contributed by atoms with van der Waals surface area (Å²) >= 11 is 14.7. The molecule has 0 saturated carbocycles. The lowest BCUT2D eigenvalue weighted by molar-refractivity contribution is -0.139. The molecule has 2 amide bonds. The number of halogens is 9. The summed E-state index contributed by atoms with van der Waals surface area (Å²) in [7, 11) is 0. The van der Waals surface area contributed by atoms with Gasteiger partial charge in [-0.1, -0.05) is 47.5 Å². The molecule has 0 saturated heterocycles. The fourth-order valence-corrected chi connectivity index (χ4v) is 3.54. The molecule has 13 heteroatoms. The van der Waals surface area contributed by atoms with Crippen molar-refractivity contribution in [3.8, 4) is 0 Å². The van der Waals surface area contributed by atoms with Gasteiger partial charge in [0, 0.05) is 4.47 Å². The largest absolute Gasteiger partial charge is 0.405 e. The monoisotopic (exact) mass is 590 g/mol. The van der Waals surface area contributed by atoms with Crippen LogP contribution in [0.25, 0.3) is 6.08 Å². The Kier molecular flexibility index (Phi) is 9.44. The van der Waals surface area contributed by atoms with E-state index in [1.165, 1.54) is 36.4 Å². The van der Waals surface area contributed by atoms with E-state index in [4.69, 9.17) is 23.2 Å². The fourth-order valence-electron chi connectivity index (χ4n) is 2.66. The van der Waals surface area contributed by atoms with Crippen LogP contribution in [0, 0.1) is 0 Å². The van der Waals surface area contributed by atoms with Crippen LogP contribution in [0.2, 0.25) is 10.0 Å². The second-order valence-electron chi connectivity index (χ2n) is 6.87. The van der Waals surface area contributed by atoms with Crippen LogP contribution in [-0.4, -0.2) is 37.3 Å². The summed E-state index contributed by atoms with van der Waals surface area (Å²) in [5.41, 5.74) is 0.232. The summed E-state index contributed by atoms with van der Waals surface area (Å²) in [6, 6.07) is 7.62. The standard InChI is InChI=1S/C21H15BrCl2F6N2O2/c22-15-7-11(1-4-13(15)19(34)31-9-18(33)32-10-20(25,26)27)2-5-14(21(28,29)30)12-3-6-16(23)17(24)8-12/h1-8,14H,9-10H2,(H,31,34)(H,32,33). The second kappa shape index (κ2) is 11.5. The Morgan fingerprint density at radius 3 is 2.21 bits per heavy atom. The van der Waals surface area contributed by atoms with Crippen molar-refractivity contribution >= 4 is 57.0 Å².